The summed E-state index contributed by atoms with van der Waals surface area (Å²) in [5.74, 6) is -1.93. The molecule has 4 heterocycles. The summed E-state index contributed by atoms with van der Waals surface area (Å²) >= 11 is 0. The highest BCUT2D eigenvalue weighted by atomic mass is 19.2. The van der Waals surface area contributed by atoms with Gasteiger partial charge in [-0.2, -0.15) is 4.39 Å². The number of nitrogens with zero attached hydrogens (tertiary/aromatic N) is 4. The van der Waals surface area contributed by atoms with Crippen molar-refractivity contribution in [1.29, 1.82) is 0 Å². The number of pyridine rings is 2. The van der Waals surface area contributed by atoms with Gasteiger partial charge >= 0.3 is 0 Å². The van der Waals surface area contributed by atoms with Crippen LogP contribution in [-0.2, 0) is 11.3 Å². The first-order chi connectivity index (χ1) is 17.0. The van der Waals surface area contributed by atoms with E-state index >= 15 is 0 Å². The lowest BCUT2D eigenvalue weighted by Gasteiger charge is -2.32. The third-order valence-corrected chi connectivity index (χ3v) is 7.02. The third kappa shape index (κ3) is 5.22. The molecule has 0 saturated carbocycles. The maximum absolute atomic E-state index is 14.0. The molecule has 1 aromatic carbocycles. The van der Waals surface area contributed by atoms with Crippen LogP contribution in [0.25, 0.3) is 0 Å². The van der Waals surface area contributed by atoms with E-state index in [0.29, 0.717) is 30.1 Å². The molecule has 5 rings (SSSR count). The summed E-state index contributed by atoms with van der Waals surface area (Å²) in [7, 11) is 0. The average molecular weight is 481 g/mol. The van der Waals surface area contributed by atoms with E-state index in [1.165, 1.54) is 12.1 Å². The van der Waals surface area contributed by atoms with E-state index in [0.717, 1.165) is 62.2 Å². The average Bonchev–Trinajstić information content (AvgIpc) is 3.29. The standard InChI is InChI=1S/C27H27F3N4O/c28-22-6-4-20(14-23(22)29)27(34-11-1-2-26(34)35)24-7-3-18(15-31-24)17-33-12-9-19(10-13-33)21-5-8-25(30)32-16-21/h3-8,14-16,19,27H,1-2,9-13,17H2/t27-/m0/s1. The molecule has 8 heteroatoms. The number of rotatable bonds is 6. The van der Waals surface area contributed by atoms with Crippen LogP contribution in [0.15, 0.2) is 54.9 Å². The Morgan fingerprint density at radius 1 is 0.914 bits per heavy atom. The number of hydrogen-bond donors (Lipinski definition) is 0. The molecule has 0 bridgehead atoms. The van der Waals surface area contributed by atoms with Crippen LogP contribution in [0.3, 0.4) is 0 Å². The number of amides is 1. The van der Waals surface area contributed by atoms with Crippen LogP contribution in [0, 0.1) is 17.6 Å². The van der Waals surface area contributed by atoms with Gasteiger partial charge < -0.3 is 4.90 Å². The number of halogens is 3. The molecule has 2 aliphatic heterocycles. The van der Waals surface area contributed by atoms with Gasteiger partial charge in [0, 0.05) is 31.9 Å². The zero-order chi connectivity index (χ0) is 24.4. The van der Waals surface area contributed by atoms with E-state index in [9.17, 15) is 18.0 Å². The van der Waals surface area contributed by atoms with Crippen molar-refractivity contribution in [1.82, 2.24) is 19.8 Å². The lowest BCUT2D eigenvalue weighted by molar-refractivity contribution is -0.129. The Hall–Kier alpha value is -3.26. The summed E-state index contributed by atoms with van der Waals surface area (Å²) < 4.78 is 40.6. The molecule has 35 heavy (non-hydrogen) atoms. The van der Waals surface area contributed by atoms with Crippen molar-refractivity contribution in [2.24, 2.45) is 0 Å². The van der Waals surface area contributed by atoms with Crippen molar-refractivity contribution in [2.75, 3.05) is 19.6 Å². The number of likely N-dealkylation sites (tertiary alicyclic amines) is 2. The second-order valence-electron chi connectivity index (χ2n) is 9.32. The van der Waals surface area contributed by atoms with Gasteiger partial charge in [-0.25, -0.2) is 13.8 Å². The lowest BCUT2D eigenvalue weighted by Crippen LogP contribution is -2.33. The molecular formula is C27H27F3N4O. The molecule has 0 radical (unpaired) electrons. The molecule has 0 aliphatic carbocycles. The molecule has 2 saturated heterocycles. The van der Waals surface area contributed by atoms with Crippen molar-refractivity contribution < 1.29 is 18.0 Å². The van der Waals surface area contributed by atoms with Crippen LogP contribution in [0.2, 0.25) is 0 Å². The van der Waals surface area contributed by atoms with Crippen LogP contribution in [0.4, 0.5) is 13.2 Å². The van der Waals surface area contributed by atoms with Crippen molar-refractivity contribution in [3.63, 3.8) is 0 Å². The van der Waals surface area contributed by atoms with Crippen molar-refractivity contribution in [2.45, 2.75) is 44.2 Å². The molecular weight excluding hydrogens is 453 g/mol. The van der Waals surface area contributed by atoms with Crippen molar-refractivity contribution in [3.05, 3.63) is 94.8 Å². The SMILES string of the molecule is O=C1CCCN1[C@@H](c1ccc(F)c(F)c1)c1ccc(CN2CCC(c3ccc(F)nc3)CC2)cn1. The van der Waals surface area contributed by atoms with E-state index in [1.54, 1.807) is 17.3 Å². The topological polar surface area (TPSA) is 49.3 Å². The number of piperidine rings is 1. The quantitative estimate of drug-likeness (QED) is 0.467. The second kappa shape index (κ2) is 10.2. The smallest absolute Gasteiger partial charge is 0.223 e. The fraction of sp³-hybridized carbons (Fsp3) is 0.370. The van der Waals surface area contributed by atoms with E-state index < -0.39 is 23.6 Å². The molecule has 182 valence electrons. The second-order valence-corrected chi connectivity index (χ2v) is 9.32. The third-order valence-electron chi connectivity index (χ3n) is 7.02. The first kappa shape index (κ1) is 23.5. The molecule has 0 unspecified atom stereocenters. The minimum absolute atomic E-state index is 0.00941. The number of carbonyl (C=O) groups is 1. The fourth-order valence-corrected chi connectivity index (χ4v) is 5.14. The molecule has 3 aromatic rings. The fourth-order valence-electron chi connectivity index (χ4n) is 5.14. The minimum Gasteiger partial charge on any atom is -0.330 e. The molecule has 2 aliphatic rings. The summed E-state index contributed by atoms with van der Waals surface area (Å²) in [5.41, 5.74) is 3.28. The zero-order valence-electron chi connectivity index (χ0n) is 19.3. The molecule has 0 spiro atoms. The van der Waals surface area contributed by atoms with Crippen molar-refractivity contribution >= 4 is 5.91 Å². The molecule has 0 N–H and O–H groups in total. The lowest BCUT2D eigenvalue weighted by atomic mass is 9.90. The predicted octanol–water partition coefficient (Wildman–Crippen LogP) is 4.99. The highest BCUT2D eigenvalue weighted by Crippen LogP contribution is 2.33. The Labute approximate surface area is 202 Å². The van der Waals surface area contributed by atoms with Gasteiger partial charge in [0.15, 0.2) is 11.6 Å². The largest absolute Gasteiger partial charge is 0.330 e. The van der Waals surface area contributed by atoms with Gasteiger partial charge in [-0.05, 0) is 79.2 Å². The zero-order valence-corrected chi connectivity index (χ0v) is 19.3. The van der Waals surface area contributed by atoms with Crippen LogP contribution >= 0.6 is 0 Å². The molecule has 1 amide bonds. The van der Waals surface area contributed by atoms with E-state index in [1.807, 2.05) is 18.2 Å². The Kier molecular flexibility index (Phi) is 6.81. The van der Waals surface area contributed by atoms with E-state index in [-0.39, 0.29) is 5.91 Å². The summed E-state index contributed by atoms with van der Waals surface area (Å²) in [4.78, 5) is 25.0. The maximum atomic E-state index is 14.0. The molecule has 1 atom stereocenters. The highest BCUT2D eigenvalue weighted by Gasteiger charge is 2.31. The van der Waals surface area contributed by atoms with Gasteiger partial charge in [-0.15, -0.1) is 0 Å². The van der Waals surface area contributed by atoms with Crippen LogP contribution < -0.4 is 0 Å². The maximum Gasteiger partial charge on any atom is 0.223 e. The summed E-state index contributed by atoms with van der Waals surface area (Å²) in [6, 6.07) is 10.3. The van der Waals surface area contributed by atoms with Gasteiger partial charge in [0.25, 0.3) is 0 Å². The van der Waals surface area contributed by atoms with Gasteiger partial charge in [0.05, 0.1) is 11.7 Å². The van der Waals surface area contributed by atoms with Crippen LogP contribution in [-0.4, -0.2) is 45.3 Å². The van der Waals surface area contributed by atoms with Crippen molar-refractivity contribution in [3.8, 4) is 0 Å². The Bertz CT molecular complexity index is 1180. The van der Waals surface area contributed by atoms with Crippen LogP contribution in [0.5, 0.6) is 0 Å². The number of carbonyl (C=O) groups excluding carboxylic acids is 1. The summed E-state index contributed by atoms with van der Waals surface area (Å²) in [6.45, 7) is 3.15. The van der Waals surface area contributed by atoms with Gasteiger partial charge in [-0.1, -0.05) is 18.2 Å². The predicted molar refractivity (Wildman–Crippen MR) is 125 cm³/mol. The minimum atomic E-state index is -0.935. The Morgan fingerprint density at radius 3 is 2.37 bits per heavy atom. The molecule has 2 fully saturated rings. The van der Waals surface area contributed by atoms with Gasteiger partial charge in [-0.3, -0.25) is 14.7 Å². The molecule has 2 aromatic heterocycles. The highest BCUT2D eigenvalue weighted by molar-refractivity contribution is 5.79. The number of benzene rings is 1. The Morgan fingerprint density at radius 2 is 1.74 bits per heavy atom. The summed E-state index contributed by atoms with van der Waals surface area (Å²) in [6.07, 6.45) is 6.58. The monoisotopic (exact) mass is 480 g/mol. The van der Waals surface area contributed by atoms with E-state index in [2.05, 4.69) is 14.9 Å². The van der Waals surface area contributed by atoms with Gasteiger partial charge in [0.2, 0.25) is 11.9 Å². The van der Waals surface area contributed by atoms with Crippen LogP contribution in [0.1, 0.15) is 60.0 Å². The summed E-state index contributed by atoms with van der Waals surface area (Å²) in [5, 5.41) is 0. The van der Waals surface area contributed by atoms with Gasteiger partial charge in [0.1, 0.15) is 0 Å². The molecule has 5 nitrogen and oxygen atoms in total. The van der Waals surface area contributed by atoms with E-state index in [4.69, 9.17) is 0 Å². The normalized spacial score (nSPS) is 18.3. The first-order valence-corrected chi connectivity index (χ1v) is 12.0. The Balaban J connectivity index is 1.27. The first-order valence-electron chi connectivity index (χ1n) is 12.0. The number of hydrogen-bond acceptors (Lipinski definition) is 4. The number of aromatic nitrogens is 2.